The smallest absolute Gasteiger partial charge is 0.338 e. The molecule has 86 valence electrons. The Labute approximate surface area is 93.5 Å². The molecule has 0 aliphatic carbocycles. The average Bonchev–Trinajstić information content (AvgIpc) is 2.28. The Morgan fingerprint density at radius 2 is 2.19 bits per heavy atom. The van der Waals surface area contributed by atoms with Crippen LogP contribution in [0.15, 0.2) is 24.8 Å². The van der Waals surface area contributed by atoms with E-state index in [1.807, 2.05) is 0 Å². The summed E-state index contributed by atoms with van der Waals surface area (Å²) < 4.78 is 22.9. The molecule has 0 heterocycles. The molecule has 0 bridgehead atoms. The largest absolute Gasteiger partial charge is 0.494 e. The topological polar surface area (TPSA) is 35.5 Å². The van der Waals surface area contributed by atoms with Crippen molar-refractivity contribution in [3.63, 3.8) is 0 Å². The lowest BCUT2D eigenvalue weighted by molar-refractivity contribution is -0.136. The lowest BCUT2D eigenvalue weighted by atomic mass is 10.1. The van der Waals surface area contributed by atoms with Crippen LogP contribution in [0, 0.1) is 5.82 Å². The van der Waals surface area contributed by atoms with Gasteiger partial charge in [0.15, 0.2) is 11.6 Å². The fourth-order valence-corrected chi connectivity index (χ4v) is 1.19. The van der Waals surface area contributed by atoms with Crippen molar-refractivity contribution in [1.29, 1.82) is 0 Å². The molecule has 0 radical (unpaired) electrons. The Morgan fingerprint density at radius 1 is 1.50 bits per heavy atom. The summed E-state index contributed by atoms with van der Waals surface area (Å²) in [7, 11) is 1.37. The highest BCUT2D eigenvalue weighted by Gasteiger charge is 2.12. The highest BCUT2D eigenvalue weighted by atomic mass is 19.1. The van der Waals surface area contributed by atoms with Crippen molar-refractivity contribution in [3.05, 3.63) is 36.2 Å². The first kappa shape index (κ1) is 12.2. The first-order chi connectivity index (χ1) is 7.60. The van der Waals surface area contributed by atoms with Crippen molar-refractivity contribution in [2.75, 3.05) is 13.7 Å². The van der Waals surface area contributed by atoms with Crippen LogP contribution >= 0.6 is 0 Å². The first-order valence-corrected chi connectivity index (χ1v) is 4.80. The summed E-state index contributed by atoms with van der Waals surface area (Å²) in [6.07, 6.45) is 0. The highest BCUT2D eigenvalue weighted by molar-refractivity contribution is 6.15. The molecular weight excluding hydrogens is 211 g/mol. The highest BCUT2D eigenvalue weighted by Crippen LogP contribution is 2.22. The summed E-state index contributed by atoms with van der Waals surface area (Å²) >= 11 is 0. The van der Waals surface area contributed by atoms with E-state index in [1.165, 1.54) is 19.2 Å². The molecule has 1 aromatic carbocycles. The van der Waals surface area contributed by atoms with Crippen molar-refractivity contribution in [3.8, 4) is 5.75 Å². The van der Waals surface area contributed by atoms with Crippen LogP contribution in [-0.4, -0.2) is 19.7 Å². The van der Waals surface area contributed by atoms with Gasteiger partial charge in [-0.25, -0.2) is 9.18 Å². The number of methoxy groups -OCH3 is 1. The zero-order chi connectivity index (χ0) is 12.1. The Hall–Kier alpha value is -1.84. The molecule has 0 aromatic heterocycles. The third-order valence-electron chi connectivity index (χ3n) is 2.02. The number of benzene rings is 1. The van der Waals surface area contributed by atoms with Crippen molar-refractivity contribution >= 4 is 11.5 Å². The number of ether oxygens (including phenoxy) is 2. The number of esters is 1. The number of halogens is 1. The molecular formula is C12H13FO3. The molecule has 0 amide bonds. The first-order valence-electron chi connectivity index (χ1n) is 4.80. The maximum absolute atomic E-state index is 13.3. The number of hydrogen-bond donors (Lipinski definition) is 0. The van der Waals surface area contributed by atoms with E-state index in [0.717, 1.165) is 0 Å². The molecule has 0 unspecified atom stereocenters. The second-order valence-electron chi connectivity index (χ2n) is 3.05. The molecule has 0 spiro atoms. The standard InChI is InChI=1S/C12H13FO3/c1-4-16-12(14)8(2)9-5-6-11(15-3)10(13)7-9/h5-7H,2,4H2,1,3H3. The van der Waals surface area contributed by atoms with E-state index in [0.29, 0.717) is 5.56 Å². The summed E-state index contributed by atoms with van der Waals surface area (Å²) in [6, 6.07) is 4.19. The van der Waals surface area contributed by atoms with Gasteiger partial charge in [0, 0.05) is 0 Å². The SMILES string of the molecule is C=C(C(=O)OCC)c1ccc(OC)c(F)c1. The fraction of sp³-hybridized carbons (Fsp3) is 0.250. The molecule has 0 N–H and O–H groups in total. The number of rotatable bonds is 4. The second-order valence-corrected chi connectivity index (χ2v) is 3.05. The van der Waals surface area contributed by atoms with Gasteiger partial charge in [-0.1, -0.05) is 12.6 Å². The van der Waals surface area contributed by atoms with Crippen LogP contribution in [0.1, 0.15) is 12.5 Å². The van der Waals surface area contributed by atoms with Gasteiger partial charge in [-0.05, 0) is 24.6 Å². The third-order valence-corrected chi connectivity index (χ3v) is 2.02. The zero-order valence-corrected chi connectivity index (χ0v) is 9.25. The Morgan fingerprint density at radius 3 is 2.69 bits per heavy atom. The summed E-state index contributed by atoms with van der Waals surface area (Å²) in [5.41, 5.74) is 0.514. The summed E-state index contributed by atoms with van der Waals surface area (Å²) in [5.74, 6) is -0.960. The van der Waals surface area contributed by atoms with Crippen molar-refractivity contribution in [2.45, 2.75) is 6.92 Å². The van der Waals surface area contributed by atoms with Gasteiger partial charge in [-0.2, -0.15) is 0 Å². The maximum atomic E-state index is 13.3. The molecule has 0 saturated carbocycles. The van der Waals surface area contributed by atoms with Crippen LogP contribution in [0.5, 0.6) is 5.75 Å². The van der Waals surface area contributed by atoms with E-state index in [9.17, 15) is 9.18 Å². The van der Waals surface area contributed by atoms with E-state index in [-0.39, 0.29) is 17.9 Å². The number of hydrogen-bond acceptors (Lipinski definition) is 3. The Balaban J connectivity index is 2.93. The molecule has 3 nitrogen and oxygen atoms in total. The van der Waals surface area contributed by atoms with Gasteiger partial charge in [-0.3, -0.25) is 0 Å². The molecule has 0 fully saturated rings. The van der Waals surface area contributed by atoms with Gasteiger partial charge in [0.25, 0.3) is 0 Å². The zero-order valence-electron chi connectivity index (χ0n) is 9.25. The Bertz CT molecular complexity index is 413. The van der Waals surface area contributed by atoms with Crippen LogP contribution in [0.2, 0.25) is 0 Å². The normalized spacial score (nSPS) is 9.69. The van der Waals surface area contributed by atoms with Gasteiger partial charge < -0.3 is 9.47 Å². The van der Waals surface area contributed by atoms with Gasteiger partial charge in [0.1, 0.15) is 0 Å². The molecule has 0 atom stereocenters. The van der Waals surface area contributed by atoms with E-state index in [4.69, 9.17) is 9.47 Å². The molecule has 1 rings (SSSR count). The predicted molar refractivity (Wildman–Crippen MR) is 58.6 cm³/mol. The van der Waals surface area contributed by atoms with Crippen LogP contribution in [0.4, 0.5) is 4.39 Å². The second kappa shape index (κ2) is 5.30. The predicted octanol–water partition coefficient (Wildman–Crippen LogP) is 2.41. The number of carbonyl (C=O) groups excluding carboxylic acids is 1. The van der Waals surface area contributed by atoms with E-state index in [1.54, 1.807) is 13.0 Å². The minimum Gasteiger partial charge on any atom is -0.494 e. The van der Waals surface area contributed by atoms with Crippen LogP contribution in [0.3, 0.4) is 0 Å². The quantitative estimate of drug-likeness (QED) is 0.582. The van der Waals surface area contributed by atoms with Gasteiger partial charge >= 0.3 is 5.97 Å². The average molecular weight is 224 g/mol. The maximum Gasteiger partial charge on any atom is 0.338 e. The summed E-state index contributed by atoms with van der Waals surface area (Å²) in [4.78, 5) is 11.3. The Kier molecular flexibility index (Phi) is 4.05. The summed E-state index contributed by atoms with van der Waals surface area (Å²) in [6.45, 7) is 5.51. The molecule has 0 aliphatic heterocycles. The lowest BCUT2D eigenvalue weighted by Crippen LogP contribution is -2.06. The van der Waals surface area contributed by atoms with E-state index >= 15 is 0 Å². The van der Waals surface area contributed by atoms with Gasteiger partial charge in [-0.15, -0.1) is 0 Å². The van der Waals surface area contributed by atoms with E-state index in [2.05, 4.69) is 6.58 Å². The van der Waals surface area contributed by atoms with E-state index < -0.39 is 11.8 Å². The minimum atomic E-state index is -0.549. The molecule has 16 heavy (non-hydrogen) atoms. The van der Waals surface area contributed by atoms with Crippen LogP contribution in [-0.2, 0) is 9.53 Å². The molecule has 1 aromatic rings. The molecule has 0 aliphatic rings. The van der Waals surface area contributed by atoms with Crippen molar-refractivity contribution in [2.24, 2.45) is 0 Å². The third kappa shape index (κ3) is 2.59. The molecule has 4 heteroatoms. The van der Waals surface area contributed by atoms with Gasteiger partial charge in [0.05, 0.1) is 19.3 Å². The van der Waals surface area contributed by atoms with Crippen LogP contribution in [0.25, 0.3) is 5.57 Å². The number of carbonyl (C=O) groups is 1. The minimum absolute atomic E-state index is 0.125. The van der Waals surface area contributed by atoms with Crippen molar-refractivity contribution < 1.29 is 18.7 Å². The van der Waals surface area contributed by atoms with Crippen molar-refractivity contribution in [1.82, 2.24) is 0 Å². The van der Waals surface area contributed by atoms with Gasteiger partial charge in [0.2, 0.25) is 0 Å². The summed E-state index contributed by atoms with van der Waals surface area (Å²) in [5, 5.41) is 0. The lowest BCUT2D eigenvalue weighted by Gasteiger charge is -2.07. The van der Waals surface area contributed by atoms with Crippen LogP contribution < -0.4 is 4.74 Å². The monoisotopic (exact) mass is 224 g/mol. The fourth-order valence-electron chi connectivity index (χ4n) is 1.19. The molecule has 0 saturated heterocycles.